The number of pyridine rings is 1. The maximum Gasteiger partial charge on any atom is 0.259 e. The number of amides is 1. The van der Waals surface area contributed by atoms with E-state index in [4.69, 9.17) is 0 Å². The van der Waals surface area contributed by atoms with Crippen LogP contribution >= 0.6 is 15.9 Å². The molecule has 0 saturated heterocycles. The Bertz CT molecular complexity index is 1080. The van der Waals surface area contributed by atoms with E-state index >= 15 is 0 Å². The van der Waals surface area contributed by atoms with Crippen molar-refractivity contribution in [3.05, 3.63) is 59.0 Å². The zero-order valence-corrected chi connectivity index (χ0v) is 14.8. The van der Waals surface area contributed by atoms with Gasteiger partial charge in [0.1, 0.15) is 0 Å². The minimum atomic E-state index is -0.277. The van der Waals surface area contributed by atoms with Crippen molar-refractivity contribution in [2.45, 2.75) is 0 Å². The van der Waals surface area contributed by atoms with Gasteiger partial charge in [0.05, 0.1) is 23.0 Å². The van der Waals surface area contributed by atoms with Crippen LogP contribution in [-0.2, 0) is 7.05 Å². The number of aromatic amines is 1. The fourth-order valence-corrected chi connectivity index (χ4v) is 2.98. The van der Waals surface area contributed by atoms with Crippen molar-refractivity contribution in [1.82, 2.24) is 25.0 Å². The molecule has 0 atom stereocenters. The van der Waals surface area contributed by atoms with E-state index in [1.54, 1.807) is 29.2 Å². The van der Waals surface area contributed by atoms with Gasteiger partial charge in [-0.15, -0.1) is 0 Å². The molecule has 25 heavy (non-hydrogen) atoms. The maximum atomic E-state index is 12.8. The van der Waals surface area contributed by atoms with Crippen molar-refractivity contribution in [2.24, 2.45) is 7.05 Å². The van der Waals surface area contributed by atoms with Gasteiger partial charge in [-0.2, -0.15) is 10.2 Å². The Kier molecular flexibility index (Phi) is 3.81. The summed E-state index contributed by atoms with van der Waals surface area (Å²) in [6.45, 7) is 0. The molecule has 7 nitrogen and oxygen atoms in total. The third-order valence-electron chi connectivity index (χ3n) is 3.79. The van der Waals surface area contributed by atoms with Gasteiger partial charge in [-0.3, -0.25) is 19.6 Å². The lowest BCUT2D eigenvalue weighted by Gasteiger charge is -2.07. The van der Waals surface area contributed by atoms with Crippen LogP contribution in [0, 0.1) is 0 Å². The largest absolute Gasteiger partial charge is 0.304 e. The molecule has 0 saturated carbocycles. The lowest BCUT2D eigenvalue weighted by atomic mass is 10.1. The Morgan fingerprint density at radius 1 is 1.32 bits per heavy atom. The van der Waals surface area contributed by atoms with Crippen LogP contribution in [0.1, 0.15) is 10.4 Å². The summed E-state index contributed by atoms with van der Waals surface area (Å²) in [6, 6.07) is 9.17. The number of hydrogen-bond donors (Lipinski definition) is 2. The summed E-state index contributed by atoms with van der Waals surface area (Å²) in [7, 11) is 1.82. The number of halogens is 1. The summed E-state index contributed by atoms with van der Waals surface area (Å²) in [5.41, 5.74) is 2.66. The number of H-pyrrole nitrogens is 1. The number of nitrogens with zero attached hydrogens (tertiary/aromatic N) is 4. The van der Waals surface area contributed by atoms with Crippen molar-refractivity contribution in [3.8, 4) is 11.3 Å². The first-order valence-corrected chi connectivity index (χ1v) is 8.30. The van der Waals surface area contributed by atoms with Crippen LogP contribution in [0.2, 0.25) is 0 Å². The zero-order valence-electron chi connectivity index (χ0n) is 13.2. The number of benzene rings is 1. The summed E-state index contributed by atoms with van der Waals surface area (Å²) < 4.78 is 2.58. The Morgan fingerprint density at radius 3 is 3.00 bits per heavy atom. The predicted octanol–water partition coefficient (Wildman–Crippen LogP) is 3.37. The van der Waals surface area contributed by atoms with Crippen LogP contribution in [-0.4, -0.2) is 30.9 Å². The third-order valence-corrected chi connectivity index (χ3v) is 4.28. The SMILES string of the molecule is Cn1cc(-c2ncccc2C(=O)Nc2n[nH]c3ccc(Br)cc23)cn1. The number of nitrogens with one attached hydrogen (secondary N) is 2. The minimum Gasteiger partial charge on any atom is -0.304 e. The first-order valence-electron chi connectivity index (χ1n) is 7.51. The van der Waals surface area contributed by atoms with Crippen molar-refractivity contribution in [3.63, 3.8) is 0 Å². The number of aromatic nitrogens is 5. The molecular formula is C17H13BrN6O. The van der Waals surface area contributed by atoms with Gasteiger partial charge in [0.15, 0.2) is 5.82 Å². The number of carbonyl (C=O) groups is 1. The van der Waals surface area contributed by atoms with E-state index in [0.717, 1.165) is 20.9 Å². The second-order valence-electron chi connectivity index (χ2n) is 5.52. The van der Waals surface area contributed by atoms with Gasteiger partial charge in [0, 0.05) is 34.9 Å². The van der Waals surface area contributed by atoms with Crippen molar-refractivity contribution in [1.29, 1.82) is 0 Å². The molecule has 0 unspecified atom stereocenters. The van der Waals surface area contributed by atoms with E-state index in [1.807, 2.05) is 31.4 Å². The Labute approximate surface area is 151 Å². The fraction of sp³-hybridized carbons (Fsp3) is 0.0588. The van der Waals surface area contributed by atoms with Gasteiger partial charge < -0.3 is 5.32 Å². The van der Waals surface area contributed by atoms with Gasteiger partial charge >= 0.3 is 0 Å². The van der Waals surface area contributed by atoms with Gasteiger partial charge in [-0.25, -0.2) is 0 Å². The molecule has 3 heterocycles. The molecular weight excluding hydrogens is 384 g/mol. The smallest absolute Gasteiger partial charge is 0.259 e. The zero-order chi connectivity index (χ0) is 17.4. The summed E-state index contributed by atoms with van der Waals surface area (Å²) in [5, 5.41) is 14.9. The number of carbonyl (C=O) groups excluding carboxylic acids is 1. The van der Waals surface area contributed by atoms with Crippen molar-refractivity contribution < 1.29 is 4.79 Å². The Morgan fingerprint density at radius 2 is 2.20 bits per heavy atom. The van der Waals surface area contributed by atoms with Gasteiger partial charge in [0.2, 0.25) is 0 Å². The number of aryl methyl sites for hydroxylation is 1. The second kappa shape index (κ2) is 6.14. The molecule has 124 valence electrons. The lowest BCUT2D eigenvalue weighted by molar-refractivity contribution is 0.102. The summed E-state index contributed by atoms with van der Waals surface area (Å²) >= 11 is 3.43. The van der Waals surface area contributed by atoms with Crippen molar-refractivity contribution in [2.75, 3.05) is 5.32 Å². The summed E-state index contributed by atoms with van der Waals surface area (Å²) in [4.78, 5) is 17.1. The highest BCUT2D eigenvalue weighted by Crippen LogP contribution is 2.26. The number of hydrogen-bond acceptors (Lipinski definition) is 4. The van der Waals surface area contributed by atoms with Crippen LogP contribution in [0.25, 0.3) is 22.2 Å². The van der Waals surface area contributed by atoms with E-state index in [2.05, 4.69) is 41.5 Å². The minimum absolute atomic E-state index is 0.277. The number of rotatable bonds is 3. The Hall–Kier alpha value is -3.00. The monoisotopic (exact) mass is 396 g/mol. The third kappa shape index (κ3) is 2.91. The highest BCUT2D eigenvalue weighted by atomic mass is 79.9. The molecule has 0 bridgehead atoms. The van der Waals surface area contributed by atoms with Crippen molar-refractivity contribution >= 4 is 38.6 Å². The number of fused-ring (bicyclic) bond motifs is 1. The number of anilines is 1. The molecule has 0 aliphatic heterocycles. The highest BCUT2D eigenvalue weighted by molar-refractivity contribution is 9.10. The van der Waals surface area contributed by atoms with E-state index in [0.29, 0.717) is 17.1 Å². The first kappa shape index (κ1) is 15.5. The van der Waals surface area contributed by atoms with Gasteiger partial charge in [-0.1, -0.05) is 15.9 Å². The average molecular weight is 397 g/mol. The van der Waals surface area contributed by atoms with Gasteiger partial charge in [-0.05, 0) is 30.3 Å². The standard InChI is InChI=1S/C17H13BrN6O/c1-24-9-10(8-20-24)15-12(3-2-6-19-15)17(25)21-16-13-7-11(18)4-5-14(13)22-23-16/h2-9H,1H3,(H2,21,22,23,25). The normalized spacial score (nSPS) is 11.0. The molecule has 1 aromatic carbocycles. The molecule has 0 fully saturated rings. The van der Waals surface area contributed by atoms with Crippen LogP contribution < -0.4 is 5.32 Å². The maximum absolute atomic E-state index is 12.8. The molecule has 4 aromatic rings. The van der Waals surface area contributed by atoms with Crippen LogP contribution in [0.15, 0.2) is 53.4 Å². The van der Waals surface area contributed by atoms with E-state index in [9.17, 15) is 4.79 Å². The van der Waals surface area contributed by atoms with E-state index < -0.39 is 0 Å². The molecule has 0 aliphatic carbocycles. The molecule has 0 spiro atoms. The summed E-state index contributed by atoms with van der Waals surface area (Å²) in [5.74, 6) is 0.197. The topological polar surface area (TPSA) is 88.5 Å². The quantitative estimate of drug-likeness (QED) is 0.555. The highest BCUT2D eigenvalue weighted by Gasteiger charge is 2.17. The first-order chi connectivity index (χ1) is 12.1. The lowest BCUT2D eigenvalue weighted by Crippen LogP contribution is -2.14. The van der Waals surface area contributed by atoms with Gasteiger partial charge in [0.25, 0.3) is 5.91 Å². The average Bonchev–Trinajstić information content (AvgIpc) is 3.21. The molecule has 2 N–H and O–H groups in total. The van der Waals surface area contributed by atoms with Crippen LogP contribution in [0.4, 0.5) is 5.82 Å². The fourth-order valence-electron chi connectivity index (χ4n) is 2.62. The molecule has 3 aromatic heterocycles. The molecule has 8 heteroatoms. The molecule has 1 amide bonds. The molecule has 4 rings (SSSR count). The molecule has 0 radical (unpaired) electrons. The van der Waals surface area contributed by atoms with Crippen LogP contribution in [0.5, 0.6) is 0 Å². The summed E-state index contributed by atoms with van der Waals surface area (Å²) in [6.07, 6.45) is 5.15. The second-order valence-corrected chi connectivity index (χ2v) is 6.43. The van der Waals surface area contributed by atoms with Crippen LogP contribution in [0.3, 0.4) is 0 Å². The Balaban J connectivity index is 1.71. The molecule has 0 aliphatic rings. The van der Waals surface area contributed by atoms with E-state index in [-0.39, 0.29) is 5.91 Å². The van der Waals surface area contributed by atoms with E-state index in [1.165, 1.54) is 0 Å². The predicted molar refractivity (Wildman–Crippen MR) is 98.2 cm³/mol.